The van der Waals surface area contributed by atoms with Gasteiger partial charge in [0.2, 0.25) is 5.91 Å². The van der Waals surface area contributed by atoms with Crippen molar-refractivity contribution in [3.63, 3.8) is 0 Å². The molecule has 138 valence electrons. The lowest BCUT2D eigenvalue weighted by Crippen LogP contribution is -2.45. The predicted molar refractivity (Wildman–Crippen MR) is 100 cm³/mol. The van der Waals surface area contributed by atoms with Crippen molar-refractivity contribution < 1.29 is 9.59 Å². The third-order valence-electron chi connectivity index (χ3n) is 4.79. The highest BCUT2D eigenvalue weighted by Crippen LogP contribution is 2.25. The molecule has 3 amide bonds. The third kappa shape index (κ3) is 6.16. The van der Waals surface area contributed by atoms with Gasteiger partial charge in [0.15, 0.2) is 0 Å². The van der Waals surface area contributed by atoms with Crippen molar-refractivity contribution in [1.82, 2.24) is 16.0 Å². The zero-order valence-corrected chi connectivity index (χ0v) is 15.8. The molecule has 2 rings (SSSR count). The standard InChI is InChI=1S/C20H31N3O2/c1-5-14(4)15-6-8-16(9-7-15)19(13(2)3)21-12-18(24)23-20(25)22-17-10-11-17/h6-9,13-14,17,19,21H,5,10-12H2,1-4H3,(H2,22,23,24,25)/t14-,19-/m1/s1. The molecule has 1 aliphatic carbocycles. The van der Waals surface area contributed by atoms with Crippen molar-refractivity contribution in [2.45, 2.75) is 65.0 Å². The fourth-order valence-electron chi connectivity index (χ4n) is 2.83. The second-order valence-corrected chi connectivity index (χ2v) is 7.37. The molecule has 5 heteroatoms. The number of rotatable bonds is 8. The number of amides is 3. The van der Waals surface area contributed by atoms with E-state index in [1.54, 1.807) is 0 Å². The summed E-state index contributed by atoms with van der Waals surface area (Å²) in [5, 5.41) is 8.41. The van der Waals surface area contributed by atoms with E-state index in [1.165, 1.54) is 5.56 Å². The van der Waals surface area contributed by atoms with E-state index in [2.05, 4.69) is 67.9 Å². The van der Waals surface area contributed by atoms with E-state index >= 15 is 0 Å². The first-order valence-corrected chi connectivity index (χ1v) is 9.34. The van der Waals surface area contributed by atoms with Crippen LogP contribution in [0.1, 0.15) is 70.0 Å². The monoisotopic (exact) mass is 345 g/mol. The lowest BCUT2D eigenvalue weighted by molar-refractivity contribution is -0.119. The van der Waals surface area contributed by atoms with Crippen LogP contribution in [0.5, 0.6) is 0 Å². The van der Waals surface area contributed by atoms with E-state index in [0.717, 1.165) is 24.8 Å². The van der Waals surface area contributed by atoms with Crippen LogP contribution in [0.15, 0.2) is 24.3 Å². The van der Waals surface area contributed by atoms with Gasteiger partial charge in [0.05, 0.1) is 6.54 Å². The molecule has 0 aromatic heterocycles. The number of hydrogen-bond acceptors (Lipinski definition) is 3. The molecular weight excluding hydrogens is 314 g/mol. The Hall–Kier alpha value is -1.88. The fourth-order valence-corrected chi connectivity index (χ4v) is 2.83. The van der Waals surface area contributed by atoms with Crippen molar-refractivity contribution in [3.8, 4) is 0 Å². The second kappa shape index (κ2) is 8.99. The van der Waals surface area contributed by atoms with Gasteiger partial charge in [0, 0.05) is 12.1 Å². The Labute approximate surface area is 151 Å². The fraction of sp³-hybridized carbons (Fsp3) is 0.600. The average molecular weight is 345 g/mol. The average Bonchev–Trinajstić information content (AvgIpc) is 3.38. The highest BCUT2D eigenvalue weighted by molar-refractivity contribution is 5.95. The quantitative estimate of drug-likeness (QED) is 0.675. The minimum absolute atomic E-state index is 0.0724. The molecule has 0 heterocycles. The topological polar surface area (TPSA) is 70.2 Å². The van der Waals surface area contributed by atoms with E-state index in [9.17, 15) is 9.59 Å². The maximum Gasteiger partial charge on any atom is 0.321 e. The number of imide groups is 1. The van der Waals surface area contributed by atoms with Crippen LogP contribution in [-0.4, -0.2) is 24.5 Å². The lowest BCUT2D eigenvalue weighted by Gasteiger charge is -2.23. The number of urea groups is 1. The van der Waals surface area contributed by atoms with Crippen LogP contribution >= 0.6 is 0 Å². The first kappa shape index (κ1) is 19.4. The number of hydrogen-bond donors (Lipinski definition) is 3. The first-order chi connectivity index (χ1) is 11.9. The van der Waals surface area contributed by atoms with Crippen LogP contribution in [0.4, 0.5) is 4.79 Å². The molecule has 0 radical (unpaired) electrons. The Balaban J connectivity index is 1.89. The summed E-state index contributed by atoms with van der Waals surface area (Å²) in [7, 11) is 0. The number of nitrogens with one attached hydrogen (secondary N) is 3. The van der Waals surface area contributed by atoms with E-state index in [0.29, 0.717) is 11.8 Å². The Morgan fingerprint density at radius 3 is 2.20 bits per heavy atom. The Morgan fingerprint density at radius 1 is 1.08 bits per heavy atom. The summed E-state index contributed by atoms with van der Waals surface area (Å²) < 4.78 is 0. The summed E-state index contributed by atoms with van der Waals surface area (Å²) in [5.41, 5.74) is 2.50. The molecule has 1 saturated carbocycles. The zero-order chi connectivity index (χ0) is 18.4. The molecule has 1 aromatic rings. The predicted octanol–water partition coefficient (Wildman–Crippen LogP) is 3.48. The molecule has 25 heavy (non-hydrogen) atoms. The maximum atomic E-state index is 12.0. The number of carbonyl (C=O) groups excluding carboxylic acids is 2. The van der Waals surface area contributed by atoms with Gasteiger partial charge in [-0.1, -0.05) is 52.0 Å². The van der Waals surface area contributed by atoms with E-state index in [4.69, 9.17) is 0 Å². The van der Waals surface area contributed by atoms with Crippen LogP contribution in [0.3, 0.4) is 0 Å². The molecule has 0 saturated heterocycles. The molecule has 2 atom stereocenters. The molecule has 1 aliphatic rings. The van der Waals surface area contributed by atoms with Gasteiger partial charge in [-0.25, -0.2) is 4.79 Å². The van der Waals surface area contributed by atoms with Gasteiger partial charge < -0.3 is 10.6 Å². The largest absolute Gasteiger partial charge is 0.335 e. The molecule has 0 bridgehead atoms. The molecule has 0 unspecified atom stereocenters. The van der Waals surface area contributed by atoms with Crippen molar-refractivity contribution in [2.24, 2.45) is 5.92 Å². The Bertz CT molecular complexity index is 579. The molecule has 1 fully saturated rings. The molecule has 0 aliphatic heterocycles. The second-order valence-electron chi connectivity index (χ2n) is 7.37. The molecule has 3 N–H and O–H groups in total. The van der Waals surface area contributed by atoms with Gasteiger partial charge in [-0.05, 0) is 42.2 Å². The molecule has 0 spiro atoms. The smallest absolute Gasteiger partial charge is 0.321 e. The van der Waals surface area contributed by atoms with Gasteiger partial charge in [0.25, 0.3) is 0 Å². The highest BCUT2D eigenvalue weighted by Gasteiger charge is 2.24. The van der Waals surface area contributed by atoms with Crippen molar-refractivity contribution >= 4 is 11.9 Å². The summed E-state index contributed by atoms with van der Waals surface area (Å²) in [5.74, 6) is 0.581. The summed E-state index contributed by atoms with van der Waals surface area (Å²) in [6.45, 7) is 8.78. The van der Waals surface area contributed by atoms with Gasteiger partial charge >= 0.3 is 6.03 Å². The third-order valence-corrected chi connectivity index (χ3v) is 4.79. The first-order valence-electron chi connectivity index (χ1n) is 9.34. The summed E-state index contributed by atoms with van der Waals surface area (Å²) in [6, 6.07) is 8.53. The Kier molecular flexibility index (Phi) is 7.00. The van der Waals surface area contributed by atoms with Crippen LogP contribution in [-0.2, 0) is 4.79 Å². The minimum Gasteiger partial charge on any atom is -0.335 e. The summed E-state index contributed by atoms with van der Waals surface area (Å²) in [6.07, 6.45) is 3.12. The van der Waals surface area contributed by atoms with Crippen LogP contribution < -0.4 is 16.0 Å². The van der Waals surface area contributed by atoms with Crippen molar-refractivity contribution in [2.75, 3.05) is 6.54 Å². The van der Waals surface area contributed by atoms with Crippen LogP contribution in [0, 0.1) is 5.92 Å². The lowest BCUT2D eigenvalue weighted by atomic mass is 9.92. The molecule has 5 nitrogen and oxygen atoms in total. The van der Waals surface area contributed by atoms with Gasteiger partial charge in [-0.2, -0.15) is 0 Å². The van der Waals surface area contributed by atoms with Gasteiger partial charge in [-0.15, -0.1) is 0 Å². The summed E-state index contributed by atoms with van der Waals surface area (Å²) in [4.78, 5) is 23.6. The normalized spacial score (nSPS) is 16.4. The highest BCUT2D eigenvalue weighted by atomic mass is 16.2. The van der Waals surface area contributed by atoms with E-state index < -0.39 is 6.03 Å². The van der Waals surface area contributed by atoms with E-state index in [1.807, 2.05) is 0 Å². The van der Waals surface area contributed by atoms with Crippen LogP contribution in [0.25, 0.3) is 0 Å². The number of carbonyl (C=O) groups is 2. The molecular formula is C20H31N3O2. The van der Waals surface area contributed by atoms with Gasteiger partial charge in [-0.3, -0.25) is 10.1 Å². The number of benzene rings is 1. The minimum atomic E-state index is -0.395. The maximum absolute atomic E-state index is 12.0. The summed E-state index contributed by atoms with van der Waals surface area (Å²) >= 11 is 0. The van der Waals surface area contributed by atoms with Gasteiger partial charge in [0.1, 0.15) is 0 Å². The Morgan fingerprint density at radius 2 is 1.68 bits per heavy atom. The SMILES string of the molecule is CC[C@@H](C)c1ccc([C@H](NCC(=O)NC(=O)NC2CC2)C(C)C)cc1. The zero-order valence-electron chi connectivity index (χ0n) is 15.8. The van der Waals surface area contributed by atoms with Crippen molar-refractivity contribution in [1.29, 1.82) is 0 Å². The van der Waals surface area contributed by atoms with Crippen molar-refractivity contribution in [3.05, 3.63) is 35.4 Å². The van der Waals surface area contributed by atoms with Crippen LogP contribution in [0.2, 0.25) is 0 Å². The van der Waals surface area contributed by atoms with E-state index in [-0.39, 0.29) is 24.5 Å². The molecule has 1 aromatic carbocycles.